The first-order chi connectivity index (χ1) is 11.7. The normalized spacial score (nSPS) is 15.7. The highest BCUT2D eigenvalue weighted by molar-refractivity contribution is 6.30. The van der Waals surface area contributed by atoms with E-state index in [1.54, 1.807) is 0 Å². The van der Waals surface area contributed by atoms with Crippen LogP contribution in [0, 0.1) is 5.92 Å². The highest BCUT2D eigenvalue weighted by Crippen LogP contribution is 2.23. The Kier molecular flexibility index (Phi) is 5.53. The van der Waals surface area contributed by atoms with Crippen molar-refractivity contribution < 1.29 is 4.79 Å². The van der Waals surface area contributed by atoms with Gasteiger partial charge in [-0.1, -0.05) is 23.7 Å². The van der Waals surface area contributed by atoms with Gasteiger partial charge in [0, 0.05) is 23.7 Å². The molecule has 1 fully saturated rings. The SMILES string of the molecule is CNCCC1CCN(C(=O)c2cc(-c3ccc(Cl)cc3)n[nH]2)CC1. The first-order valence-electron chi connectivity index (χ1n) is 8.42. The molecule has 2 N–H and O–H groups in total. The lowest BCUT2D eigenvalue weighted by Gasteiger charge is -2.31. The fraction of sp³-hybridized carbons (Fsp3) is 0.444. The average molecular weight is 347 g/mol. The van der Waals surface area contributed by atoms with E-state index in [1.807, 2.05) is 42.3 Å². The molecule has 1 aliphatic rings. The maximum Gasteiger partial charge on any atom is 0.271 e. The van der Waals surface area contributed by atoms with Crippen molar-refractivity contribution in [2.45, 2.75) is 19.3 Å². The molecule has 2 heterocycles. The number of aromatic nitrogens is 2. The van der Waals surface area contributed by atoms with Crippen LogP contribution in [-0.4, -0.2) is 47.7 Å². The summed E-state index contributed by atoms with van der Waals surface area (Å²) in [6.07, 6.45) is 3.33. The predicted molar refractivity (Wildman–Crippen MR) is 96.2 cm³/mol. The minimum atomic E-state index is 0.0368. The lowest BCUT2D eigenvalue weighted by molar-refractivity contribution is 0.0681. The van der Waals surface area contributed by atoms with Gasteiger partial charge in [0.05, 0.1) is 5.69 Å². The van der Waals surface area contributed by atoms with E-state index in [1.165, 1.54) is 6.42 Å². The van der Waals surface area contributed by atoms with Gasteiger partial charge in [-0.25, -0.2) is 0 Å². The molecule has 0 saturated carbocycles. The van der Waals surface area contributed by atoms with E-state index in [9.17, 15) is 4.79 Å². The van der Waals surface area contributed by atoms with Crippen molar-refractivity contribution in [3.05, 3.63) is 41.0 Å². The third-order valence-corrected chi connectivity index (χ3v) is 4.90. The second kappa shape index (κ2) is 7.81. The summed E-state index contributed by atoms with van der Waals surface area (Å²) in [6.45, 7) is 2.69. The van der Waals surface area contributed by atoms with E-state index in [0.717, 1.165) is 43.7 Å². The van der Waals surface area contributed by atoms with Gasteiger partial charge in [-0.2, -0.15) is 5.10 Å². The fourth-order valence-electron chi connectivity index (χ4n) is 3.14. The van der Waals surface area contributed by atoms with Crippen LogP contribution in [0.3, 0.4) is 0 Å². The van der Waals surface area contributed by atoms with E-state index < -0.39 is 0 Å². The summed E-state index contributed by atoms with van der Waals surface area (Å²) in [6, 6.07) is 9.27. The number of carbonyl (C=O) groups excluding carboxylic acids is 1. The van der Waals surface area contributed by atoms with Gasteiger partial charge in [0.2, 0.25) is 0 Å². The Morgan fingerprint density at radius 2 is 2.04 bits per heavy atom. The summed E-state index contributed by atoms with van der Waals surface area (Å²) in [5.41, 5.74) is 2.26. The number of benzene rings is 1. The second-order valence-electron chi connectivity index (χ2n) is 6.30. The van der Waals surface area contributed by atoms with E-state index in [2.05, 4.69) is 15.5 Å². The molecule has 0 spiro atoms. The first kappa shape index (κ1) is 17.0. The van der Waals surface area contributed by atoms with Crippen molar-refractivity contribution in [3.63, 3.8) is 0 Å². The van der Waals surface area contributed by atoms with Crippen molar-refractivity contribution in [1.82, 2.24) is 20.4 Å². The molecule has 2 aromatic rings. The molecule has 1 amide bonds. The summed E-state index contributed by atoms with van der Waals surface area (Å²) in [5, 5.41) is 11.0. The second-order valence-corrected chi connectivity index (χ2v) is 6.74. The molecule has 0 bridgehead atoms. The largest absolute Gasteiger partial charge is 0.337 e. The molecule has 0 unspecified atom stereocenters. The number of aromatic amines is 1. The summed E-state index contributed by atoms with van der Waals surface area (Å²) < 4.78 is 0. The predicted octanol–water partition coefficient (Wildman–Crippen LogP) is 3.19. The maximum atomic E-state index is 12.6. The van der Waals surface area contributed by atoms with E-state index in [-0.39, 0.29) is 5.91 Å². The van der Waals surface area contributed by atoms with Crippen LogP contribution in [0.2, 0.25) is 5.02 Å². The summed E-state index contributed by atoms with van der Waals surface area (Å²) in [7, 11) is 1.98. The average Bonchev–Trinajstić information content (AvgIpc) is 3.10. The van der Waals surface area contributed by atoms with Gasteiger partial charge >= 0.3 is 0 Å². The number of hydrogen-bond acceptors (Lipinski definition) is 3. The van der Waals surface area contributed by atoms with Crippen LogP contribution in [0.25, 0.3) is 11.3 Å². The molecule has 1 aliphatic heterocycles. The van der Waals surface area contributed by atoms with Crippen molar-refractivity contribution in [1.29, 1.82) is 0 Å². The number of nitrogens with one attached hydrogen (secondary N) is 2. The molecule has 24 heavy (non-hydrogen) atoms. The Hall–Kier alpha value is -1.85. The molecule has 6 heteroatoms. The van der Waals surface area contributed by atoms with Crippen LogP contribution >= 0.6 is 11.6 Å². The number of H-pyrrole nitrogens is 1. The maximum absolute atomic E-state index is 12.6. The zero-order valence-corrected chi connectivity index (χ0v) is 14.6. The third kappa shape index (κ3) is 3.97. The Bertz CT molecular complexity index is 675. The lowest BCUT2D eigenvalue weighted by Crippen LogP contribution is -2.39. The Morgan fingerprint density at radius 3 is 2.71 bits per heavy atom. The topological polar surface area (TPSA) is 61.0 Å². The van der Waals surface area contributed by atoms with E-state index in [0.29, 0.717) is 16.6 Å². The van der Waals surface area contributed by atoms with E-state index >= 15 is 0 Å². The Labute approximate surface area is 147 Å². The van der Waals surface area contributed by atoms with Gasteiger partial charge in [-0.15, -0.1) is 0 Å². The minimum absolute atomic E-state index is 0.0368. The van der Waals surface area contributed by atoms with Crippen molar-refractivity contribution >= 4 is 17.5 Å². The number of amides is 1. The molecule has 0 atom stereocenters. The molecule has 1 aromatic heterocycles. The van der Waals surface area contributed by atoms with Gasteiger partial charge in [-0.05, 0) is 57.0 Å². The van der Waals surface area contributed by atoms with Gasteiger partial charge in [0.15, 0.2) is 0 Å². The number of hydrogen-bond donors (Lipinski definition) is 2. The summed E-state index contributed by atoms with van der Waals surface area (Å²) >= 11 is 5.91. The number of carbonyl (C=O) groups is 1. The van der Waals surface area contributed by atoms with Crippen LogP contribution in [-0.2, 0) is 0 Å². The Morgan fingerprint density at radius 1 is 1.33 bits per heavy atom. The van der Waals surface area contributed by atoms with Crippen molar-refractivity contribution in [2.75, 3.05) is 26.7 Å². The van der Waals surface area contributed by atoms with Gasteiger partial charge in [0.1, 0.15) is 5.69 Å². The number of likely N-dealkylation sites (tertiary alicyclic amines) is 1. The zero-order chi connectivity index (χ0) is 16.9. The standard InChI is InChI=1S/C18H23ClN4O/c1-20-9-6-13-7-10-23(11-8-13)18(24)17-12-16(21-22-17)14-2-4-15(19)5-3-14/h2-5,12-13,20H,6-11H2,1H3,(H,21,22). The number of rotatable bonds is 5. The summed E-state index contributed by atoms with van der Waals surface area (Å²) in [5.74, 6) is 0.752. The van der Waals surface area contributed by atoms with Gasteiger partial charge in [0.25, 0.3) is 5.91 Å². The van der Waals surface area contributed by atoms with Crippen molar-refractivity contribution in [2.24, 2.45) is 5.92 Å². The third-order valence-electron chi connectivity index (χ3n) is 4.65. The monoisotopic (exact) mass is 346 g/mol. The smallest absolute Gasteiger partial charge is 0.271 e. The van der Waals surface area contributed by atoms with Crippen LogP contribution in [0.15, 0.2) is 30.3 Å². The van der Waals surface area contributed by atoms with Crippen LogP contribution in [0.1, 0.15) is 29.8 Å². The van der Waals surface area contributed by atoms with E-state index in [4.69, 9.17) is 11.6 Å². The van der Waals surface area contributed by atoms with Crippen LogP contribution < -0.4 is 5.32 Å². The quantitative estimate of drug-likeness (QED) is 0.874. The number of nitrogens with zero attached hydrogens (tertiary/aromatic N) is 2. The zero-order valence-electron chi connectivity index (χ0n) is 13.9. The minimum Gasteiger partial charge on any atom is -0.337 e. The first-order valence-corrected chi connectivity index (χ1v) is 8.80. The molecule has 0 aliphatic carbocycles. The van der Waals surface area contributed by atoms with Crippen molar-refractivity contribution in [3.8, 4) is 11.3 Å². The molecular formula is C18H23ClN4O. The van der Waals surface area contributed by atoms with Crippen LogP contribution in [0.4, 0.5) is 0 Å². The molecule has 1 aromatic carbocycles. The molecular weight excluding hydrogens is 324 g/mol. The lowest BCUT2D eigenvalue weighted by atomic mass is 9.93. The highest BCUT2D eigenvalue weighted by atomic mass is 35.5. The number of piperidine rings is 1. The fourth-order valence-corrected chi connectivity index (χ4v) is 3.27. The number of halogens is 1. The molecule has 1 saturated heterocycles. The molecule has 128 valence electrons. The summed E-state index contributed by atoms with van der Waals surface area (Å²) in [4.78, 5) is 14.6. The Balaban J connectivity index is 1.61. The molecule has 3 rings (SSSR count). The highest BCUT2D eigenvalue weighted by Gasteiger charge is 2.24. The van der Waals surface area contributed by atoms with Gasteiger partial charge < -0.3 is 10.2 Å². The molecule has 0 radical (unpaired) electrons. The molecule has 5 nitrogen and oxygen atoms in total. The van der Waals surface area contributed by atoms with Crippen LogP contribution in [0.5, 0.6) is 0 Å². The van der Waals surface area contributed by atoms with Gasteiger partial charge in [-0.3, -0.25) is 9.89 Å².